The quantitative estimate of drug-likeness (QED) is 0.896. The van der Waals surface area contributed by atoms with E-state index in [1.165, 1.54) is 11.3 Å². The number of hydrogen-bond acceptors (Lipinski definition) is 4. The molecule has 0 saturated heterocycles. The molecule has 1 aromatic heterocycles. The van der Waals surface area contributed by atoms with Gasteiger partial charge in [0.2, 0.25) is 5.91 Å². The van der Waals surface area contributed by atoms with Crippen molar-refractivity contribution in [2.24, 2.45) is 5.92 Å². The maximum atomic E-state index is 12.0. The van der Waals surface area contributed by atoms with Gasteiger partial charge in [-0.05, 0) is 26.7 Å². The Kier molecular flexibility index (Phi) is 3.84. The van der Waals surface area contributed by atoms with Crippen LogP contribution in [-0.2, 0) is 17.8 Å². The van der Waals surface area contributed by atoms with Gasteiger partial charge in [-0.1, -0.05) is 11.3 Å². The van der Waals surface area contributed by atoms with E-state index in [0.717, 1.165) is 29.8 Å². The van der Waals surface area contributed by atoms with Crippen LogP contribution in [0.4, 0.5) is 9.93 Å². The minimum Gasteiger partial charge on any atom is -0.336 e. The lowest BCUT2D eigenvalue weighted by Crippen LogP contribution is -2.44. The zero-order valence-electron chi connectivity index (χ0n) is 12.3. The van der Waals surface area contributed by atoms with Gasteiger partial charge in [0, 0.05) is 29.8 Å². The molecule has 1 saturated carbocycles. The molecule has 1 aliphatic heterocycles. The summed E-state index contributed by atoms with van der Waals surface area (Å²) in [6, 6.07) is 0.0985. The summed E-state index contributed by atoms with van der Waals surface area (Å²) in [6.45, 7) is 5.15. The maximum Gasteiger partial charge on any atom is 0.317 e. The van der Waals surface area contributed by atoms with Gasteiger partial charge in [-0.25, -0.2) is 9.78 Å². The van der Waals surface area contributed by atoms with Crippen molar-refractivity contribution in [3.63, 3.8) is 0 Å². The molecular formula is C14H20N4O2S. The van der Waals surface area contributed by atoms with Gasteiger partial charge >= 0.3 is 6.03 Å². The zero-order chi connectivity index (χ0) is 15.0. The van der Waals surface area contributed by atoms with Crippen LogP contribution >= 0.6 is 11.3 Å². The van der Waals surface area contributed by atoms with Gasteiger partial charge < -0.3 is 15.5 Å². The van der Waals surface area contributed by atoms with Crippen LogP contribution in [-0.4, -0.2) is 34.4 Å². The summed E-state index contributed by atoms with van der Waals surface area (Å²) in [6.07, 6.45) is 2.72. The van der Waals surface area contributed by atoms with E-state index in [-0.39, 0.29) is 23.9 Å². The maximum absolute atomic E-state index is 12.0. The van der Waals surface area contributed by atoms with Crippen LogP contribution in [0.25, 0.3) is 0 Å². The van der Waals surface area contributed by atoms with Gasteiger partial charge in [0.1, 0.15) is 0 Å². The number of carbonyl (C=O) groups excluding carboxylic acids is 2. The average molecular weight is 308 g/mol. The number of hydrogen-bond donors (Lipinski definition) is 2. The van der Waals surface area contributed by atoms with Crippen molar-refractivity contribution < 1.29 is 9.59 Å². The topological polar surface area (TPSA) is 74.3 Å². The molecule has 0 aromatic carbocycles. The fourth-order valence-electron chi connectivity index (χ4n) is 2.31. The molecule has 2 aliphatic rings. The monoisotopic (exact) mass is 308 g/mol. The number of carbonyl (C=O) groups is 2. The lowest BCUT2D eigenvalue weighted by molar-refractivity contribution is -0.117. The van der Waals surface area contributed by atoms with Crippen molar-refractivity contribution in [1.82, 2.24) is 15.2 Å². The van der Waals surface area contributed by atoms with Gasteiger partial charge in [0.15, 0.2) is 5.13 Å². The molecule has 2 heterocycles. The summed E-state index contributed by atoms with van der Waals surface area (Å²) in [7, 11) is 0. The van der Waals surface area contributed by atoms with Gasteiger partial charge in [0.05, 0.1) is 12.2 Å². The normalized spacial score (nSPS) is 17.6. The fraction of sp³-hybridized carbons (Fsp3) is 0.643. The lowest BCUT2D eigenvalue weighted by atomic mass is 10.2. The molecule has 1 fully saturated rings. The number of fused-ring (bicyclic) bond motifs is 1. The smallest absolute Gasteiger partial charge is 0.317 e. The SMILES string of the molecule is CC(C)NC(=O)N1CCc2nc(NC(=O)C3CC3)sc2C1. The predicted molar refractivity (Wildman–Crippen MR) is 81.2 cm³/mol. The largest absolute Gasteiger partial charge is 0.336 e. The van der Waals surface area contributed by atoms with Crippen molar-refractivity contribution in [2.75, 3.05) is 11.9 Å². The Balaban J connectivity index is 1.64. The Labute approximate surface area is 127 Å². The fourth-order valence-corrected chi connectivity index (χ4v) is 3.34. The van der Waals surface area contributed by atoms with Crippen molar-refractivity contribution in [2.45, 2.75) is 45.7 Å². The van der Waals surface area contributed by atoms with Crippen molar-refractivity contribution in [3.8, 4) is 0 Å². The van der Waals surface area contributed by atoms with Crippen LogP contribution in [0.5, 0.6) is 0 Å². The zero-order valence-corrected chi connectivity index (χ0v) is 13.1. The first-order valence-corrected chi connectivity index (χ1v) is 8.19. The summed E-state index contributed by atoms with van der Waals surface area (Å²) in [4.78, 5) is 31.1. The number of thiazole rings is 1. The molecule has 114 valence electrons. The highest BCUT2D eigenvalue weighted by Gasteiger charge is 2.31. The van der Waals surface area contributed by atoms with Crippen molar-refractivity contribution in [1.29, 1.82) is 0 Å². The third-order valence-corrected chi connectivity index (χ3v) is 4.61. The van der Waals surface area contributed by atoms with E-state index in [1.807, 2.05) is 13.8 Å². The number of amides is 3. The standard InChI is InChI=1S/C14H20N4O2S/c1-8(2)15-14(20)18-6-5-10-11(7-18)21-13(16-10)17-12(19)9-3-4-9/h8-9H,3-7H2,1-2H3,(H,15,20)(H,16,17,19). The molecule has 0 radical (unpaired) electrons. The Hall–Kier alpha value is -1.63. The molecule has 6 nitrogen and oxygen atoms in total. The third kappa shape index (κ3) is 3.34. The number of nitrogens with one attached hydrogen (secondary N) is 2. The summed E-state index contributed by atoms with van der Waals surface area (Å²) in [5.74, 6) is 0.259. The number of rotatable bonds is 3. The molecule has 3 amide bonds. The molecular weight excluding hydrogens is 288 g/mol. The van der Waals surface area contributed by atoms with Crippen LogP contribution in [0.2, 0.25) is 0 Å². The molecule has 2 N–H and O–H groups in total. The number of aromatic nitrogens is 1. The van der Waals surface area contributed by atoms with Crippen LogP contribution < -0.4 is 10.6 Å². The minimum atomic E-state index is -0.0346. The minimum absolute atomic E-state index is 0.0346. The van der Waals surface area contributed by atoms with E-state index in [2.05, 4.69) is 15.6 Å². The first kappa shape index (κ1) is 14.3. The molecule has 0 spiro atoms. The molecule has 0 unspecified atom stereocenters. The highest BCUT2D eigenvalue weighted by atomic mass is 32.1. The molecule has 0 atom stereocenters. The summed E-state index contributed by atoms with van der Waals surface area (Å²) < 4.78 is 0. The second kappa shape index (κ2) is 5.63. The first-order valence-electron chi connectivity index (χ1n) is 7.38. The van der Waals surface area contributed by atoms with E-state index in [4.69, 9.17) is 0 Å². The van der Waals surface area contributed by atoms with E-state index in [0.29, 0.717) is 18.2 Å². The van der Waals surface area contributed by atoms with Crippen LogP contribution in [0.1, 0.15) is 37.3 Å². The summed E-state index contributed by atoms with van der Waals surface area (Å²) in [5.41, 5.74) is 1.01. The van der Waals surface area contributed by atoms with Gasteiger partial charge in [-0.15, -0.1) is 0 Å². The summed E-state index contributed by atoms with van der Waals surface area (Å²) in [5, 5.41) is 6.46. The molecule has 7 heteroatoms. The molecule has 1 aliphatic carbocycles. The van der Waals surface area contributed by atoms with Gasteiger partial charge in [-0.2, -0.15) is 0 Å². The Morgan fingerprint density at radius 3 is 2.81 bits per heavy atom. The molecule has 21 heavy (non-hydrogen) atoms. The average Bonchev–Trinajstić information content (AvgIpc) is 3.18. The molecule has 3 rings (SSSR count). The Bertz CT molecular complexity index is 565. The van der Waals surface area contributed by atoms with E-state index in [1.54, 1.807) is 4.90 Å². The Morgan fingerprint density at radius 1 is 1.38 bits per heavy atom. The molecule has 1 aromatic rings. The Morgan fingerprint density at radius 2 is 2.14 bits per heavy atom. The highest BCUT2D eigenvalue weighted by molar-refractivity contribution is 7.15. The van der Waals surface area contributed by atoms with Gasteiger partial charge in [0.25, 0.3) is 0 Å². The highest BCUT2D eigenvalue weighted by Crippen LogP contribution is 2.32. The molecule has 0 bridgehead atoms. The van der Waals surface area contributed by atoms with E-state index in [9.17, 15) is 9.59 Å². The van der Waals surface area contributed by atoms with Crippen LogP contribution in [0.3, 0.4) is 0 Å². The van der Waals surface area contributed by atoms with Gasteiger partial charge in [-0.3, -0.25) is 4.79 Å². The first-order chi connectivity index (χ1) is 10.0. The van der Waals surface area contributed by atoms with E-state index >= 15 is 0 Å². The predicted octanol–water partition coefficient (Wildman–Crippen LogP) is 1.97. The number of anilines is 1. The van der Waals surface area contributed by atoms with Crippen LogP contribution in [0, 0.1) is 5.92 Å². The van der Waals surface area contributed by atoms with Crippen molar-refractivity contribution >= 4 is 28.4 Å². The van der Waals surface area contributed by atoms with Crippen molar-refractivity contribution in [3.05, 3.63) is 10.6 Å². The number of urea groups is 1. The van der Waals surface area contributed by atoms with Crippen LogP contribution in [0.15, 0.2) is 0 Å². The third-order valence-electron chi connectivity index (χ3n) is 3.61. The summed E-state index contributed by atoms with van der Waals surface area (Å²) >= 11 is 1.48. The lowest BCUT2D eigenvalue weighted by Gasteiger charge is -2.27. The second-order valence-electron chi connectivity index (χ2n) is 5.93. The van der Waals surface area contributed by atoms with E-state index < -0.39 is 0 Å². The second-order valence-corrected chi connectivity index (χ2v) is 7.01. The number of nitrogens with zero attached hydrogens (tertiary/aromatic N) is 2.